The van der Waals surface area contributed by atoms with Crippen molar-refractivity contribution < 1.29 is 8.95 Å². The molecule has 0 radical (unpaired) electrons. The van der Waals surface area contributed by atoms with E-state index in [1.807, 2.05) is 37.3 Å². The van der Waals surface area contributed by atoms with E-state index in [0.717, 1.165) is 10.5 Å². The van der Waals surface area contributed by atoms with Gasteiger partial charge in [0, 0.05) is 10.6 Å². The first-order chi connectivity index (χ1) is 10.2. The molecule has 0 aliphatic carbocycles. The van der Waals surface area contributed by atoms with Gasteiger partial charge in [0.05, 0.1) is 23.0 Å². The van der Waals surface area contributed by atoms with Crippen molar-refractivity contribution in [2.75, 3.05) is 12.4 Å². The molecule has 0 aromatic heterocycles. The highest BCUT2D eigenvalue weighted by molar-refractivity contribution is 7.85. The molecule has 2 aromatic carbocycles. The lowest BCUT2D eigenvalue weighted by atomic mass is 10.2. The first-order valence-corrected chi connectivity index (χ1v) is 8.10. The summed E-state index contributed by atoms with van der Waals surface area (Å²) in [4.78, 5) is 0.884. The summed E-state index contributed by atoms with van der Waals surface area (Å²) >= 11 is 0. The second kappa shape index (κ2) is 7.61. The topological polar surface area (TPSA) is 50.1 Å². The lowest BCUT2D eigenvalue weighted by molar-refractivity contribution is 0.317. The third kappa shape index (κ3) is 4.17. The van der Waals surface area contributed by atoms with Crippen molar-refractivity contribution in [3.8, 4) is 11.8 Å². The van der Waals surface area contributed by atoms with Gasteiger partial charge in [-0.2, -0.15) is 5.26 Å². The monoisotopic (exact) mass is 299 g/mol. The highest BCUT2D eigenvalue weighted by Gasteiger charge is 2.07. The molecule has 4 heteroatoms. The summed E-state index contributed by atoms with van der Waals surface area (Å²) in [5.74, 6) is 1.14. The average Bonchev–Trinajstić information content (AvgIpc) is 2.52. The molecule has 21 heavy (non-hydrogen) atoms. The molecular formula is C17H17NO2S. The van der Waals surface area contributed by atoms with E-state index in [0.29, 0.717) is 30.1 Å². The highest BCUT2D eigenvalue weighted by Crippen LogP contribution is 2.17. The van der Waals surface area contributed by atoms with E-state index < -0.39 is 10.8 Å². The highest BCUT2D eigenvalue weighted by atomic mass is 32.2. The van der Waals surface area contributed by atoms with Gasteiger partial charge in [0.15, 0.2) is 0 Å². The Morgan fingerprint density at radius 3 is 2.62 bits per heavy atom. The van der Waals surface area contributed by atoms with E-state index in [9.17, 15) is 4.21 Å². The predicted octanol–water partition coefficient (Wildman–Crippen LogP) is 3.44. The van der Waals surface area contributed by atoms with E-state index in [1.165, 1.54) is 0 Å². The Hall–Kier alpha value is -2.12. The Balaban J connectivity index is 1.84. The maximum absolute atomic E-state index is 12.2. The zero-order chi connectivity index (χ0) is 15.1. The number of nitriles is 1. The molecule has 0 spiro atoms. The van der Waals surface area contributed by atoms with Gasteiger partial charge in [-0.05, 0) is 37.1 Å². The first kappa shape index (κ1) is 15.3. The van der Waals surface area contributed by atoms with E-state index in [4.69, 9.17) is 10.00 Å². The third-order valence-corrected chi connectivity index (χ3v) is 4.69. The van der Waals surface area contributed by atoms with Crippen LogP contribution in [-0.4, -0.2) is 16.6 Å². The Labute approximate surface area is 127 Å². The maximum atomic E-state index is 12.2. The van der Waals surface area contributed by atoms with Crippen LogP contribution in [0.1, 0.15) is 17.5 Å². The first-order valence-electron chi connectivity index (χ1n) is 6.78. The van der Waals surface area contributed by atoms with Gasteiger partial charge < -0.3 is 4.74 Å². The normalized spacial score (nSPS) is 11.6. The Kier molecular flexibility index (Phi) is 5.53. The van der Waals surface area contributed by atoms with Crippen molar-refractivity contribution in [2.24, 2.45) is 0 Å². The molecule has 1 atom stereocenters. The van der Waals surface area contributed by atoms with E-state index in [2.05, 4.69) is 6.07 Å². The van der Waals surface area contributed by atoms with Gasteiger partial charge >= 0.3 is 0 Å². The summed E-state index contributed by atoms with van der Waals surface area (Å²) in [5, 5.41) is 8.96. The molecule has 0 aliphatic rings. The van der Waals surface area contributed by atoms with Crippen molar-refractivity contribution in [3.05, 3.63) is 59.7 Å². The van der Waals surface area contributed by atoms with Crippen LogP contribution in [-0.2, 0) is 10.8 Å². The van der Waals surface area contributed by atoms with Gasteiger partial charge in [-0.25, -0.2) is 0 Å². The molecule has 108 valence electrons. The number of hydrogen-bond acceptors (Lipinski definition) is 3. The van der Waals surface area contributed by atoms with Gasteiger partial charge in [-0.15, -0.1) is 0 Å². The lowest BCUT2D eigenvalue weighted by Crippen LogP contribution is -2.06. The summed E-state index contributed by atoms with van der Waals surface area (Å²) in [7, 11) is -1.01. The average molecular weight is 299 g/mol. The van der Waals surface area contributed by atoms with Crippen LogP contribution in [0.5, 0.6) is 5.75 Å². The lowest BCUT2D eigenvalue weighted by Gasteiger charge is -2.08. The van der Waals surface area contributed by atoms with Crippen molar-refractivity contribution in [3.63, 3.8) is 0 Å². The maximum Gasteiger partial charge on any atom is 0.137 e. The van der Waals surface area contributed by atoms with Crippen molar-refractivity contribution in [1.82, 2.24) is 0 Å². The molecule has 0 bridgehead atoms. The van der Waals surface area contributed by atoms with Crippen LogP contribution in [0.4, 0.5) is 0 Å². The molecule has 0 aliphatic heterocycles. The van der Waals surface area contributed by atoms with Crippen LogP contribution in [0.25, 0.3) is 0 Å². The number of para-hydroxylation sites is 1. The van der Waals surface area contributed by atoms with E-state index in [1.54, 1.807) is 18.2 Å². The molecule has 0 heterocycles. The van der Waals surface area contributed by atoms with Gasteiger partial charge in [0.1, 0.15) is 11.8 Å². The fourth-order valence-electron chi connectivity index (χ4n) is 1.98. The standard InChI is InChI=1S/C17H17NO2S/c1-14-7-2-5-10-17(14)21(19)12-6-11-20-16-9-4-3-8-15(16)13-18/h2-5,7-10H,6,11-12H2,1H3. The van der Waals surface area contributed by atoms with Crippen LogP contribution in [0.3, 0.4) is 0 Å². The van der Waals surface area contributed by atoms with Crippen molar-refractivity contribution in [1.29, 1.82) is 5.26 Å². The summed E-state index contributed by atoms with van der Waals surface area (Å²) in [6.07, 6.45) is 0.681. The Morgan fingerprint density at radius 1 is 1.14 bits per heavy atom. The number of rotatable bonds is 6. The fraction of sp³-hybridized carbons (Fsp3) is 0.235. The number of hydrogen-bond donors (Lipinski definition) is 0. The summed E-state index contributed by atoms with van der Waals surface area (Å²) in [6.45, 7) is 2.42. The number of nitrogens with zero attached hydrogens (tertiary/aromatic N) is 1. The molecule has 3 nitrogen and oxygen atoms in total. The minimum absolute atomic E-state index is 0.455. The zero-order valence-electron chi connectivity index (χ0n) is 11.9. The number of benzene rings is 2. The van der Waals surface area contributed by atoms with Crippen molar-refractivity contribution in [2.45, 2.75) is 18.2 Å². The second-order valence-electron chi connectivity index (χ2n) is 4.63. The van der Waals surface area contributed by atoms with E-state index in [-0.39, 0.29) is 0 Å². The van der Waals surface area contributed by atoms with Crippen LogP contribution in [0, 0.1) is 18.3 Å². The predicted molar refractivity (Wildman–Crippen MR) is 83.7 cm³/mol. The van der Waals surface area contributed by atoms with E-state index >= 15 is 0 Å². The van der Waals surface area contributed by atoms with Gasteiger partial charge in [0.25, 0.3) is 0 Å². The van der Waals surface area contributed by atoms with Gasteiger partial charge in [0.2, 0.25) is 0 Å². The van der Waals surface area contributed by atoms with Gasteiger partial charge in [-0.3, -0.25) is 4.21 Å². The molecule has 0 amide bonds. The second-order valence-corrected chi connectivity index (χ2v) is 6.16. The van der Waals surface area contributed by atoms with Gasteiger partial charge in [-0.1, -0.05) is 30.3 Å². The molecule has 0 saturated heterocycles. The third-order valence-electron chi connectivity index (χ3n) is 3.08. The fourth-order valence-corrected chi connectivity index (χ4v) is 3.24. The van der Waals surface area contributed by atoms with Crippen LogP contribution in [0.15, 0.2) is 53.4 Å². The quantitative estimate of drug-likeness (QED) is 0.768. The SMILES string of the molecule is Cc1ccccc1S(=O)CCCOc1ccccc1C#N. The zero-order valence-corrected chi connectivity index (χ0v) is 12.7. The molecular weight excluding hydrogens is 282 g/mol. The minimum atomic E-state index is -1.01. The molecule has 0 N–H and O–H groups in total. The Morgan fingerprint density at radius 2 is 1.86 bits per heavy atom. The number of aryl methyl sites for hydroxylation is 1. The largest absolute Gasteiger partial charge is 0.492 e. The summed E-state index contributed by atoms with van der Waals surface area (Å²) in [5.41, 5.74) is 1.57. The summed E-state index contributed by atoms with van der Waals surface area (Å²) < 4.78 is 17.8. The van der Waals surface area contributed by atoms with Crippen LogP contribution in [0.2, 0.25) is 0 Å². The summed E-state index contributed by atoms with van der Waals surface area (Å²) in [6, 6.07) is 16.9. The molecule has 0 fully saturated rings. The Bertz CT molecular complexity index is 676. The minimum Gasteiger partial charge on any atom is -0.492 e. The van der Waals surface area contributed by atoms with Crippen LogP contribution >= 0.6 is 0 Å². The van der Waals surface area contributed by atoms with Crippen LogP contribution < -0.4 is 4.74 Å². The number of ether oxygens (including phenoxy) is 1. The molecule has 0 saturated carbocycles. The molecule has 1 unspecified atom stereocenters. The molecule has 2 aromatic rings. The molecule has 2 rings (SSSR count). The van der Waals surface area contributed by atoms with Crippen molar-refractivity contribution >= 4 is 10.8 Å². The smallest absolute Gasteiger partial charge is 0.137 e.